The summed E-state index contributed by atoms with van der Waals surface area (Å²) in [6.45, 7) is 13.5. The van der Waals surface area contributed by atoms with E-state index in [9.17, 15) is 4.57 Å². The van der Waals surface area contributed by atoms with Gasteiger partial charge in [-0.1, -0.05) is 17.7 Å². The van der Waals surface area contributed by atoms with E-state index in [1.54, 1.807) is 20.3 Å². The monoisotopic (exact) mass is 449 g/mol. The minimum atomic E-state index is -3.68. The highest BCUT2D eigenvalue weighted by atomic mass is 31.2. The van der Waals surface area contributed by atoms with Crippen LogP contribution in [0.5, 0.6) is 11.5 Å². The molecule has 7 heteroatoms. The van der Waals surface area contributed by atoms with E-state index in [-0.39, 0.29) is 12.2 Å². The normalized spacial score (nSPS) is 12.9. The van der Waals surface area contributed by atoms with Crippen LogP contribution in [0.4, 0.5) is 5.69 Å². The Morgan fingerprint density at radius 1 is 0.839 bits per heavy atom. The first-order valence-electron chi connectivity index (χ1n) is 10.5. The van der Waals surface area contributed by atoms with E-state index >= 15 is 0 Å². The number of hydrogen-bond acceptors (Lipinski definition) is 6. The van der Waals surface area contributed by atoms with Crippen LogP contribution in [0, 0.1) is 20.8 Å². The number of rotatable bonds is 10. The molecule has 0 saturated carbocycles. The van der Waals surface area contributed by atoms with E-state index in [0.29, 0.717) is 17.1 Å². The van der Waals surface area contributed by atoms with E-state index in [1.165, 1.54) is 5.56 Å². The van der Waals surface area contributed by atoms with Crippen LogP contribution in [0.3, 0.4) is 0 Å². The number of benzene rings is 2. The summed E-state index contributed by atoms with van der Waals surface area (Å²) in [5.41, 5.74) is 4.84. The van der Waals surface area contributed by atoms with Crippen LogP contribution >= 0.6 is 7.60 Å². The lowest BCUT2D eigenvalue weighted by Gasteiger charge is -2.33. The van der Waals surface area contributed by atoms with Crippen molar-refractivity contribution >= 4 is 13.3 Å². The molecule has 0 bridgehead atoms. The van der Waals surface area contributed by atoms with Crippen molar-refractivity contribution in [3.05, 3.63) is 52.6 Å². The van der Waals surface area contributed by atoms with Gasteiger partial charge in [-0.25, -0.2) is 0 Å². The lowest BCUT2D eigenvalue weighted by Crippen LogP contribution is -2.20. The van der Waals surface area contributed by atoms with Gasteiger partial charge < -0.3 is 23.8 Å². The minimum Gasteiger partial charge on any atom is -0.497 e. The number of ether oxygens (including phenoxy) is 2. The molecule has 0 aliphatic carbocycles. The summed E-state index contributed by atoms with van der Waals surface area (Å²) < 4.78 is 37.2. The lowest BCUT2D eigenvalue weighted by molar-refractivity contribution is 0.137. The largest absolute Gasteiger partial charge is 0.497 e. The molecule has 0 radical (unpaired) electrons. The minimum absolute atomic E-state index is 0.293. The van der Waals surface area contributed by atoms with Crippen LogP contribution in [-0.2, 0) is 13.6 Å². The van der Waals surface area contributed by atoms with Crippen LogP contribution in [0.1, 0.15) is 55.7 Å². The molecule has 0 heterocycles. The summed E-state index contributed by atoms with van der Waals surface area (Å²) in [6, 6.07) is 9.61. The lowest BCUT2D eigenvalue weighted by atomic mass is 10.0. The Morgan fingerprint density at radius 3 is 1.84 bits per heavy atom. The summed E-state index contributed by atoms with van der Waals surface area (Å²) >= 11 is 0. The summed E-state index contributed by atoms with van der Waals surface area (Å²) in [5, 5.41) is 3.49. The topological polar surface area (TPSA) is 66.0 Å². The fraction of sp³-hybridized carbons (Fsp3) is 0.500. The van der Waals surface area contributed by atoms with Crippen LogP contribution < -0.4 is 14.8 Å². The van der Waals surface area contributed by atoms with Gasteiger partial charge in [-0.2, -0.15) is 0 Å². The van der Waals surface area contributed by atoms with Gasteiger partial charge in [0.2, 0.25) is 0 Å². The van der Waals surface area contributed by atoms with Gasteiger partial charge in [0.25, 0.3) is 0 Å². The molecule has 1 atom stereocenters. The molecule has 0 aliphatic heterocycles. The molecule has 0 aliphatic rings. The van der Waals surface area contributed by atoms with Gasteiger partial charge in [0.1, 0.15) is 11.5 Å². The third-order valence-corrected chi connectivity index (χ3v) is 7.20. The van der Waals surface area contributed by atoms with Crippen molar-refractivity contribution in [3.8, 4) is 11.5 Å². The van der Waals surface area contributed by atoms with Crippen LogP contribution in [0.25, 0.3) is 0 Å². The molecule has 6 nitrogen and oxygen atoms in total. The zero-order valence-electron chi connectivity index (χ0n) is 20.1. The van der Waals surface area contributed by atoms with Crippen LogP contribution in [-0.4, -0.2) is 26.4 Å². The average Bonchev–Trinajstić information content (AvgIpc) is 2.65. The van der Waals surface area contributed by atoms with Gasteiger partial charge in [-0.15, -0.1) is 0 Å². The first-order chi connectivity index (χ1) is 14.5. The SMILES string of the molecule is COc1ccc(C(Nc2c(C)cc(C)cc2C)P(=O)(OC(C)C)OC(C)C)c(OC)c1. The van der Waals surface area contributed by atoms with Crippen molar-refractivity contribution < 1.29 is 23.1 Å². The van der Waals surface area contributed by atoms with Gasteiger partial charge in [-0.3, -0.25) is 4.57 Å². The number of methoxy groups -OCH3 is 2. The molecular formula is C24H36NO5P. The smallest absolute Gasteiger partial charge is 0.357 e. The number of hydrogen-bond donors (Lipinski definition) is 1. The predicted octanol–water partition coefficient (Wildman–Crippen LogP) is 6.78. The average molecular weight is 450 g/mol. The standard InChI is InChI=1S/C24H36NO5P/c1-15(2)29-31(26,30-16(3)4)24(21-11-10-20(27-8)14-22(21)28-9)25-23-18(6)12-17(5)13-19(23)7/h10-16,24-25H,1-9H3. The molecule has 0 spiro atoms. The van der Waals surface area contributed by atoms with E-state index in [0.717, 1.165) is 16.8 Å². The van der Waals surface area contributed by atoms with Crippen LogP contribution in [0.15, 0.2) is 30.3 Å². The van der Waals surface area contributed by atoms with Gasteiger partial charge >= 0.3 is 7.60 Å². The van der Waals surface area contributed by atoms with Gasteiger partial charge in [0.15, 0.2) is 5.78 Å². The maximum absolute atomic E-state index is 14.3. The molecule has 172 valence electrons. The van der Waals surface area contributed by atoms with Crippen molar-refractivity contribution in [3.63, 3.8) is 0 Å². The number of aryl methyl sites for hydroxylation is 3. The fourth-order valence-electron chi connectivity index (χ4n) is 3.65. The van der Waals surface area contributed by atoms with Crippen molar-refractivity contribution in [1.82, 2.24) is 0 Å². The summed E-state index contributed by atoms with van der Waals surface area (Å²) in [5.74, 6) is 0.406. The van der Waals surface area contributed by atoms with E-state index in [2.05, 4.69) is 24.4 Å². The highest BCUT2D eigenvalue weighted by Gasteiger charge is 2.41. The second-order valence-electron chi connectivity index (χ2n) is 8.28. The third kappa shape index (κ3) is 6.25. The molecule has 1 N–H and O–H groups in total. The highest BCUT2D eigenvalue weighted by Crippen LogP contribution is 2.63. The molecule has 0 aromatic heterocycles. The molecule has 31 heavy (non-hydrogen) atoms. The maximum Gasteiger partial charge on any atom is 0.357 e. The molecule has 0 amide bonds. The zero-order chi connectivity index (χ0) is 23.3. The Bertz CT molecular complexity index is 905. The summed E-state index contributed by atoms with van der Waals surface area (Å²) in [4.78, 5) is 0. The second-order valence-corrected chi connectivity index (χ2v) is 10.3. The predicted molar refractivity (Wildman–Crippen MR) is 127 cm³/mol. The van der Waals surface area contributed by atoms with E-state index in [4.69, 9.17) is 18.5 Å². The Labute approximate surface area is 186 Å². The molecule has 1 unspecified atom stereocenters. The number of nitrogens with one attached hydrogen (secondary N) is 1. The van der Waals surface area contributed by atoms with Crippen molar-refractivity contribution in [2.75, 3.05) is 19.5 Å². The first-order valence-corrected chi connectivity index (χ1v) is 12.1. The Balaban J connectivity index is 2.71. The molecular weight excluding hydrogens is 413 g/mol. The maximum atomic E-state index is 14.3. The van der Waals surface area contributed by atoms with E-state index in [1.807, 2.05) is 53.7 Å². The molecule has 0 saturated heterocycles. The van der Waals surface area contributed by atoms with Crippen molar-refractivity contribution in [2.24, 2.45) is 0 Å². The van der Waals surface area contributed by atoms with Gasteiger partial charge in [-0.05, 0) is 71.7 Å². The summed E-state index contributed by atoms with van der Waals surface area (Å²) in [6.07, 6.45) is -0.586. The first kappa shape index (κ1) is 25.3. The number of anilines is 1. The van der Waals surface area contributed by atoms with E-state index < -0.39 is 13.4 Å². The van der Waals surface area contributed by atoms with Crippen LogP contribution in [0.2, 0.25) is 0 Å². The molecule has 2 rings (SSSR count). The second kappa shape index (κ2) is 10.5. The van der Waals surface area contributed by atoms with Crippen molar-refractivity contribution in [2.45, 2.75) is 66.5 Å². The Morgan fingerprint density at radius 2 is 1.39 bits per heavy atom. The van der Waals surface area contributed by atoms with Gasteiger partial charge in [0, 0.05) is 17.3 Å². The molecule has 2 aromatic carbocycles. The Hall–Kier alpha value is -2.01. The summed E-state index contributed by atoms with van der Waals surface area (Å²) in [7, 11) is -0.503. The fourth-order valence-corrected chi connectivity index (χ4v) is 5.96. The van der Waals surface area contributed by atoms with Crippen molar-refractivity contribution in [1.29, 1.82) is 0 Å². The molecule has 2 aromatic rings. The third-order valence-electron chi connectivity index (χ3n) is 4.73. The zero-order valence-corrected chi connectivity index (χ0v) is 21.0. The quantitative estimate of drug-likeness (QED) is 0.403. The Kier molecular flexibility index (Phi) is 8.58. The van der Waals surface area contributed by atoms with Gasteiger partial charge in [0.05, 0.1) is 26.4 Å². The highest BCUT2D eigenvalue weighted by molar-refractivity contribution is 7.54. The molecule has 0 fully saturated rings.